The van der Waals surface area contributed by atoms with Gasteiger partial charge in [-0.05, 0) is 18.3 Å². The van der Waals surface area contributed by atoms with E-state index in [1.54, 1.807) is 6.07 Å². The molecule has 1 aromatic rings. The van der Waals surface area contributed by atoms with E-state index in [4.69, 9.17) is 12.0 Å². The van der Waals surface area contributed by atoms with E-state index in [1.165, 1.54) is 24.3 Å². The van der Waals surface area contributed by atoms with E-state index in [0.717, 1.165) is 0 Å². The van der Waals surface area contributed by atoms with E-state index in [-0.39, 0.29) is 5.56 Å². The molecule has 0 aliphatic rings. The van der Waals surface area contributed by atoms with Crippen LogP contribution in [0.25, 0.3) is 0 Å². The molecule has 0 saturated heterocycles. The Bertz CT molecular complexity index is 444. The highest BCUT2D eigenvalue weighted by Crippen LogP contribution is 2.04. The molecule has 1 rings (SSSR count). The van der Waals surface area contributed by atoms with Crippen molar-refractivity contribution in [1.29, 1.82) is 0 Å². The van der Waals surface area contributed by atoms with Crippen LogP contribution in [-0.4, -0.2) is 22.3 Å². The van der Waals surface area contributed by atoms with Crippen molar-refractivity contribution >= 4 is 5.97 Å². The van der Waals surface area contributed by atoms with E-state index in [9.17, 15) is 9.90 Å². The summed E-state index contributed by atoms with van der Waals surface area (Å²) in [6, 6.07) is 7.00. The molecule has 1 aromatic carbocycles. The minimum absolute atomic E-state index is 0.151. The molecule has 0 fully saturated rings. The Morgan fingerprint density at radius 2 is 2.15 bits per heavy atom. The summed E-state index contributed by atoms with van der Waals surface area (Å²) in [7, 11) is 0. The molecule has 0 amide bonds. The first-order valence-corrected chi connectivity index (χ1v) is 3.56. The van der Waals surface area contributed by atoms with E-state index in [2.05, 4.69) is 0 Å². The summed E-state index contributed by atoms with van der Waals surface area (Å²) in [4.78, 5) is 10.7. The molecular weight excluding hydrogens is 168 g/mol. The molecule has 0 bridgehead atoms. The Hall–Kier alpha value is -1.35. The largest absolute Gasteiger partial charge is 0.479 e. The third-order valence-corrected chi connectivity index (χ3v) is 1.30. The number of aliphatic hydroxyl groups is 1. The Kier molecular flexibility index (Phi) is 1.69. The van der Waals surface area contributed by atoms with Crippen LogP contribution < -0.4 is 0 Å². The number of hydrogen-bond donors (Lipinski definition) is 2. The van der Waals surface area contributed by atoms with E-state index < -0.39 is 24.8 Å². The minimum Gasteiger partial charge on any atom is -0.479 e. The van der Waals surface area contributed by atoms with Crippen LogP contribution in [0.4, 0.5) is 0 Å². The average molecular weight is 185 g/mol. The number of aliphatic carboxylic acids is 1. The third-order valence-electron chi connectivity index (χ3n) is 1.30. The Labute approximate surface area is 83.7 Å². The monoisotopic (exact) mass is 185 g/mol. The van der Waals surface area contributed by atoms with Crippen LogP contribution in [0.5, 0.6) is 0 Å². The van der Waals surface area contributed by atoms with Gasteiger partial charge in [-0.15, -0.1) is 0 Å². The number of carbonyl (C=O) groups is 1. The zero-order valence-corrected chi connectivity index (χ0v) is 6.69. The van der Waals surface area contributed by atoms with Gasteiger partial charge in [0.05, 0.1) is 1.37 Å². The van der Waals surface area contributed by atoms with Crippen molar-refractivity contribution in [3.05, 3.63) is 35.9 Å². The van der Waals surface area contributed by atoms with Gasteiger partial charge < -0.3 is 10.2 Å². The number of aryl methyl sites for hydroxylation is 1. The lowest BCUT2D eigenvalue weighted by molar-refractivity contribution is -0.146. The van der Waals surface area contributed by atoms with Gasteiger partial charge in [0.15, 0.2) is 6.08 Å². The van der Waals surface area contributed by atoms with Gasteiger partial charge in [0.1, 0.15) is 0 Å². The third kappa shape index (κ3) is 3.25. The van der Waals surface area contributed by atoms with Crippen LogP contribution in [0.15, 0.2) is 30.3 Å². The van der Waals surface area contributed by atoms with E-state index in [1.807, 2.05) is 0 Å². The maximum absolute atomic E-state index is 10.7. The van der Waals surface area contributed by atoms with Crippen LogP contribution in [0, 0.1) is 0 Å². The second-order valence-corrected chi connectivity index (χ2v) is 2.27. The summed E-state index contributed by atoms with van der Waals surface area (Å²) in [5.74, 6) is -2.15. The zero-order chi connectivity index (χ0) is 14.2. The van der Waals surface area contributed by atoms with Gasteiger partial charge >= 0.3 is 5.97 Å². The zero-order valence-electron chi connectivity index (χ0n) is 11.7. The molecule has 0 heterocycles. The maximum atomic E-state index is 10.7. The molecule has 3 heteroatoms. The highest BCUT2D eigenvalue weighted by atomic mass is 16.4. The molecule has 13 heavy (non-hydrogen) atoms. The predicted molar refractivity (Wildman–Crippen MR) is 48.4 cm³/mol. The average Bonchev–Trinajstić information content (AvgIpc) is 2.29. The van der Waals surface area contributed by atoms with Crippen LogP contribution >= 0.6 is 0 Å². The normalized spacial score (nSPS) is 22.7. The topological polar surface area (TPSA) is 57.5 Å². The highest BCUT2D eigenvalue weighted by molar-refractivity contribution is 5.71. The molecule has 3 nitrogen and oxygen atoms in total. The lowest BCUT2D eigenvalue weighted by Crippen LogP contribution is -2.19. The second kappa shape index (κ2) is 4.62. The van der Waals surface area contributed by atoms with Gasteiger partial charge in [-0.25, -0.2) is 4.79 Å². The van der Waals surface area contributed by atoms with Crippen LogP contribution in [0.2, 0.25) is 0 Å². The van der Waals surface area contributed by atoms with Crippen LogP contribution in [-0.2, 0) is 11.2 Å². The molecule has 0 saturated carbocycles. The molecule has 0 unspecified atom stereocenters. The van der Waals surface area contributed by atoms with Crippen molar-refractivity contribution in [3.63, 3.8) is 0 Å². The van der Waals surface area contributed by atoms with Crippen molar-refractivity contribution in [2.45, 2.75) is 18.8 Å². The number of carboxylic acid groups (broad SMARTS) is 1. The Balaban J connectivity index is 3.31. The highest BCUT2D eigenvalue weighted by Gasteiger charge is 2.11. The van der Waals surface area contributed by atoms with Gasteiger partial charge in [0.25, 0.3) is 0 Å². The second-order valence-electron chi connectivity index (χ2n) is 2.27. The lowest BCUT2D eigenvalue weighted by atomic mass is 10.1. The number of rotatable bonds is 4. The van der Waals surface area contributed by atoms with Gasteiger partial charge in [-0.3, -0.25) is 0 Å². The SMILES string of the molecule is [2H]C([2H])(c1ccccc1)C([2H])([2H])[C@@]([2H])(O)C(=O)O. The molecule has 1 atom stereocenters. The lowest BCUT2D eigenvalue weighted by Gasteiger charge is -2.04. The summed E-state index contributed by atoms with van der Waals surface area (Å²) >= 11 is 0. The number of hydrogen-bond acceptors (Lipinski definition) is 2. The summed E-state index contributed by atoms with van der Waals surface area (Å²) in [6.45, 7) is 0. The predicted octanol–water partition coefficient (Wildman–Crippen LogP) is 1.06. The fourth-order valence-electron chi connectivity index (χ4n) is 0.706. The summed E-state index contributed by atoms with van der Waals surface area (Å²) in [5, 5.41) is 18.0. The minimum atomic E-state index is -3.59. The summed E-state index contributed by atoms with van der Waals surface area (Å²) in [6.07, 6.45) is -9.75. The first-order chi connectivity index (χ1) is 8.05. The molecule has 0 radical (unpaired) electrons. The van der Waals surface area contributed by atoms with Crippen LogP contribution in [0.1, 0.15) is 18.8 Å². The molecule has 2 N–H and O–H groups in total. The Morgan fingerprint density at radius 1 is 1.54 bits per heavy atom. The first kappa shape index (κ1) is 4.77. The summed E-state index contributed by atoms with van der Waals surface area (Å²) < 4.78 is 37.4. The van der Waals surface area contributed by atoms with E-state index >= 15 is 0 Å². The van der Waals surface area contributed by atoms with Crippen molar-refractivity contribution in [2.75, 3.05) is 0 Å². The molecule has 0 spiro atoms. The van der Waals surface area contributed by atoms with Crippen molar-refractivity contribution < 1.29 is 21.9 Å². The number of benzene rings is 1. The quantitative estimate of drug-likeness (QED) is 0.737. The van der Waals surface area contributed by atoms with Gasteiger partial charge in [0.2, 0.25) is 0 Å². The molecule has 0 aliphatic carbocycles. The molecular formula is C10H12O3. The first-order valence-electron chi connectivity index (χ1n) is 6.06. The van der Waals surface area contributed by atoms with Gasteiger partial charge in [-0.2, -0.15) is 0 Å². The Morgan fingerprint density at radius 3 is 2.69 bits per heavy atom. The molecule has 70 valence electrons. The van der Waals surface area contributed by atoms with Gasteiger partial charge in [0, 0.05) is 5.48 Å². The van der Waals surface area contributed by atoms with E-state index in [0.29, 0.717) is 0 Å². The van der Waals surface area contributed by atoms with Gasteiger partial charge in [-0.1, -0.05) is 30.3 Å². The molecule has 0 aliphatic heterocycles. The van der Waals surface area contributed by atoms with Crippen LogP contribution in [0.3, 0.4) is 0 Å². The smallest absolute Gasteiger partial charge is 0.332 e. The molecule has 0 aromatic heterocycles. The van der Waals surface area contributed by atoms with Crippen molar-refractivity contribution in [3.8, 4) is 0 Å². The fourth-order valence-corrected chi connectivity index (χ4v) is 0.706. The summed E-state index contributed by atoms with van der Waals surface area (Å²) in [5.41, 5.74) is -0.151. The maximum Gasteiger partial charge on any atom is 0.332 e. The number of carboxylic acids is 1. The standard InChI is InChI=1S/C10H12O3/c11-9(10(12)13)7-6-8-4-2-1-3-5-8/h1-5,9,11H,6-7H2,(H,12,13)/t9-/m1/s1/i6D2,7D2,9D. The van der Waals surface area contributed by atoms with Crippen molar-refractivity contribution in [1.82, 2.24) is 0 Å². The fraction of sp³-hybridized carbons (Fsp3) is 0.300. The van der Waals surface area contributed by atoms with Crippen molar-refractivity contribution in [2.24, 2.45) is 0 Å².